The van der Waals surface area contributed by atoms with Gasteiger partial charge in [-0.05, 0) is 40.1 Å². The van der Waals surface area contributed by atoms with Crippen LogP contribution in [0.5, 0.6) is 0 Å². The SMILES string of the molecule is CB(O)N(C)CCCN(CCCCCOB=NCC(C)CN(CCCCN(CCCN(C)B(C)O)B(C)O)B(C)O)B(C)O.CCCCCCCCCCCCCCCCCCCCCCC(NC(=O)CCC(=O)N(CCNC(=O)[C@@H](O)[C@H](O)[C@@H](O)[C@H](O)CO)CCNC(=O)[C@H](O)[C@@H](O)[C@H](O)[C@@H](O)CO)C(=O)NCCCCCCC. The van der Waals surface area contributed by atoms with Crippen molar-refractivity contribution in [3.05, 3.63) is 0 Å². The van der Waals surface area contributed by atoms with Crippen molar-refractivity contribution in [3.8, 4) is 0 Å². The van der Waals surface area contributed by atoms with Crippen molar-refractivity contribution in [2.75, 3.05) is 126 Å². The van der Waals surface area contributed by atoms with Gasteiger partial charge in [-0.1, -0.05) is 168 Å². The van der Waals surface area contributed by atoms with E-state index in [1.54, 1.807) is 41.4 Å². The van der Waals surface area contributed by atoms with E-state index in [0.29, 0.717) is 26.1 Å². The Morgan fingerprint density at radius 3 is 1.16 bits per heavy atom. The van der Waals surface area contributed by atoms with Gasteiger partial charge in [-0.2, -0.15) is 0 Å². The molecular weight excluding hydrogens is 1480 g/mol. The van der Waals surface area contributed by atoms with Gasteiger partial charge in [0.2, 0.25) is 17.7 Å². The number of nitrogens with one attached hydrogen (secondary N) is 4. The molecule has 115 heavy (non-hydrogen) atoms. The Balaban J connectivity index is 0. The van der Waals surface area contributed by atoms with Crippen LogP contribution in [0.15, 0.2) is 4.90 Å². The Hall–Kier alpha value is -3.46. The van der Waals surface area contributed by atoms with Crippen LogP contribution in [0.3, 0.4) is 0 Å². The van der Waals surface area contributed by atoms with E-state index in [9.17, 15) is 89.9 Å². The number of aliphatic hydroxyl groups excluding tert-OH is 10. The number of hydrogen-bond acceptors (Lipinski definition) is 27. The maximum Gasteiger partial charge on any atom is 0.251 e. The average Bonchev–Trinajstić information content (AvgIpc) is 0.879. The van der Waals surface area contributed by atoms with Crippen molar-refractivity contribution in [3.63, 3.8) is 0 Å². The number of rotatable bonds is 77. The molecule has 38 heteroatoms. The molecule has 0 saturated carbocycles. The van der Waals surface area contributed by atoms with Crippen molar-refractivity contribution in [2.24, 2.45) is 10.8 Å². The van der Waals surface area contributed by atoms with Crippen molar-refractivity contribution >= 4 is 72.1 Å². The molecule has 0 bridgehead atoms. The smallest absolute Gasteiger partial charge is 0.251 e. The van der Waals surface area contributed by atoms with Gasteiger partial charge in [-0.15, -0.1) is 0 Å². The molecule has 0 aliphatic heterocycles. The molecule has 0 aromatic heterocycles. The van der Waals surface area contributed by atoms with Crippen LogP contribution in [0.4, 0.5) is 0 Å². The number of aliphatic hydroxyl groups is 10. The first-order valence-corrected chi connectivity index (χ1v) is 44.0. The third-order valence-corrected chi connectivity index (χ3v) is 21.1. The van der Waals surface area contributed by atoms with Gasteiger partial charge in [0.25, 0.3) is 11.8 Å². The molecule has 670 valence electrons. The molecule has 0 saturated heterocycles. The number of hydrogen-bond donors (Lipinski definition) is 19. The second-order valence-electron chi connectivity index (χ2n) is 31.8. The zero-order valence-corrected chi connectivity index (χ0v) is 72.8. The number of unbranched alkanes of at least 4 members (excludes halogenated alkanes) is 26. The summed E-state index contributed by atoms with van der Waals surface area (Å²) in [5.74, 6) is -3.63. The van der Waals surface area contributed by atoms with E-state index in [1.807, 2.05) is 23.7 Å². The molecule has 0 aliphatic carbocycles. The predicted molar refractivity (Wildman–Crippen MR) is 460 cm³/mol. The van der Waals surface area contributed by atoms with Gasteiger partial charge in [0.15, 0.2) is 12.2 Å². The van der Waals surface area contributed by atoms with Crippen LogP contribution < -0.4 is 21.3 Å². The summed E-state index contributed by atoms with van der Waals surface area (Å²) < 4.78 is 5.59. The van der Waals surface area contributed by atoms with Gasteiger partial charge < -0.3 is 92.1 Å². The Kier molecular flexibility index (Phi) is 73.5. The summed E-state index contributed by atoms with van der Waals surface area (Å²) in [7, 11) is 2.89. The zero-order valence-electron chi connectivity index (χ0n) is 72.8. The fourth-order valence-corrected chi connectivity index (χ4v) is 13.0. The minimum absolute atomic E-state index is 0.274. The molecule has 10 atom stereocenters. The number of carbonyl (C=O) groups is 5. The minimum Gasteiger partial charge on any atom is -0.394 e. The zero-order chi connectivity index (χ0) is 86.7. The second kappa shape index (κ2) is 74.4. The molecule has 0 heterocycles. The van der Waals surface area contributed by atoms with Crippen molar-refractivity contribution < 1.29 is 105 Å². The molecule has 19 N–H and O–H groups in total. The van der Waals surface area contributed by atoms with E-state index >= 15 is 0 Å². The summed E-state index contributed by atoms with van der Waals surface area (Å²) >= 11 is 0. The maximum absolute atomic E-state index is 13.5. The van der Waals surface area contributed by atoms with Crippen molar-refractivity contribution in [1.29, 1.82) is 0 Å². The van der Waals surface area contributed by atoms with Crippen LogP contribution in [0.25, 0.3) is 0 Å². The normalized spacial score (nSPS) is 14.3. The summed E-state index contributed by atoms with van der Waals surface area (Å²) in [5, 5.41) is 157. The summed E-state index contributed by atoms with van der Waals surface area (Å²) in [6.45, 7) is 20.2. The molecule has 5 amide bonds. The van der Waals surface area contributed by atoms with Crippen LogP contribution in [-0.4, -0.2) is 358 Å². The summed E-state index contributed by atoms with van der Waals surface area (Å²) in [4.78, 5) is 80.7. The fraction of sp³-hybridized carbons (Fsp3) is 0.935. The van der Waals surface area contributed by atoms with Crippen LogP contribution in [0.2, 0.25) is 34.1 Å². The standard InChI is InChI=1S/C51H99N5O15.C26H64B6N6O6/c1-3-5-7-9-10-11-12-13-14-15-16-17-18-19-20-21-22-23-24-26-28-38(49(69)52-31-27-25-8-6-4-2)55-41(61)29-30-42(62)56(34-32-53-50(70)47(67)45(65)43(63)39(59)36-57)35-33-54-51(71)48(68)46(66)44(64)40(60)37-58;1-26(24-33-27-44-23-13-9-10-18-36(30(4)41)21-14-16-34(7)28(2)39)25-38(32(6)43)20-12-11-19-37(31(5)42)22-15-17-35(8)29(3)40/h38-40,43-48,57-60,63-68H,3-37H2,1-2H3,(H,52,69)(H,53,70)(H,54,71)(H,55,61);26,39-43H,9-25H2,1-8H3/t38?,39-,40+,43+,44-,45-,46+,47+,48-;. The van der Waals surface area contributed by atoms with E-state index in [-0.39, 0.29) is 50.8 Å². The van der Waals surface area contributed by atoms with Crippen LogP contribution in [-0.2, 0) is 28.6 Å². The average molecular weight is 1640 g/mol. The fourth-order valence-electron chi connectivity index (χ4n) is 13.0. The third kappa shape index (κ3) is 60.6. The molecule has 2 unspecified atom stereocenters. The van der Waals surface area contributed by atoms with E-state index < -0.39 is 127 Å². The molecule has 0 aliphatic rings. The largest absolute Gasteiger partial charge is 0.394 e. The second-order valence-corrected chi connectivity index (χ2v) is 31.8. The van der Waals surface area contributed by atoms with Crippen LogP contribution >= 0.6 is 0 Å². The van der Waals surface area contributed by atoms with Crippen molar-refractivity contribution in [1.82, 2.24) is 50.2 Å². The van der Waals surface area contributed by atoms with Gasteiger partial charge >= 0.3 is 231 Å². The number of amides is 5. The van der Waals surface area contributed by atoms with Crippen LogP contribution in [0.1, 0.15) is 245 Å². The van der Waals surface area contributed by atoms with Gasteiger partial charge in [-0.3, -0.25) is 24.0 Å². The molecule has 0 rings (SSSR count). The van der Waals surface area contributed by atoms with E-state index in [2.05, 4.69) is 61.4 Å². The Labute approximate surface area is 694 Å². The van der Waals surface area contributed by atoms with E-state index in [0.717, 1.165) is 166 Å². The Bertz CT molecular complexity index is 2330. The maximum atomic E-state index is 13.5. The first-order valence-electron chi connectivity index (χ1n) is 44.0. The molecular formula is C77H163B6N11O21. The Morgan fingerprint density at radius 2 is 0.765 bits per heavy atom. The molecule has 0 aromatic carbocycles. The first kappa shape index (κ1) is 114. The molecule has 0 aromatic rings. The molecule has 32 nitrogen and oxygen atoms in total. The quantitative estimate of drug-likeness (QED) is 0.0306. The van der Waals surface area contributed by atoms with Gasteiger partial charge in [0, 0.05) is 45.6 Å². The van der Waals surface area contributed by atoms with Gasteiger partial charge in [0.1, 0.15) is 42.7 Å². The van der Waals surface area contributed by atoms with E-state index in [1.165, 1.54) is 96.3 Å². The van der Waals surface area contributed by atoms with E-state index in [4.69, 9.17) is 14.9 Å². The summed E-state index contributed by atoms with van der Waals surface area (Å²) in [6, 6.07) is -0.817. The molecule has 0 radical (unpaired) electrons. The predicted octanol–water partition coefficient (Wildman–Crippen LogP) is 1.98. The van der Waals surface area contributed by atoms with Crippen LogP contribution in [0, 0.1) is 5.92 Å². The topological polar surface area (TPSA) is 478 Å². The monoisotopic (exact) mass is 1640 g/mol. The number of carbonyl (C=O) groups excluding carboxylic acids is 5. The van der Waals surface area contributed by atoms with Gasteiger partial charge in [0.05, 0.1) is 13.2 Å². The van der Waals surface area contributed by atoms with Gasteiger partial charge in [-0.25, -0.2) is 0 Å². The summed E-state index contributed by atoms with van der Waals surface area (Å²) in [6.07, 6.45) is 19.5. The summed E-state index contributed by atoms with van der Waals surface area (Å²) in [5.41, 5.74) is 0. The minimum atomic E-state index is -2.25. The Morgan fingerprint density at radius 1 is 0.409 bits per heavy atom. The third-order valence-electron chi connectivity index (χ3n) is 21.1. The first-order chi connectivity index (χ1) is 54.8. The molecule has 0 fully saturated rings. The molecule has 0 spiro atoms. The van der Waals surface area contributed by atoms with Crippen molar-refractivity contribution in [2.45, 2.75) is 334 Å². The number of nitrogens with zero attached hydrogens (tertiary/aromatic N) is 7.